The average Bonchev–Trinajstić information content (AvgIpc) is 3.01. The summed E-state index contributed by atoms with van der Waals surface area (Å²) in [5.74, 6) is 0.881. The van der Waals surface area contributed by atoms with Gasteiger partial charge in [0.2, 0.25) is 0 Å². The highest BCUT2D eigenvalue weighted by Gasteiger charge is 2.24. The molecule has 2 aromatic rings. The van der Waals surface area contributed by atoms with E-state index >= 15 is 0 Å². The molecule has 0 saturated carbocycles. The number of nitrogens with one attached hydrogen (secondary N) is 1. The van der Waals surface area contributed by atoms with E-state index in [1.165, 1.54) is 6.33 Å². The standard InChI is InChI=1S/C13H17ClN6/c1-15-11-12(14)16-9-17-13(11)19-7-3-10(4-8-19)20-6-2-5-18-20/h2,5-6,9-10,15H,3-4,7-8H2,1H3. The Morgan fingerprint density at radius 3 is 2.75 bits per heavy atom. The van der Waals surface area contributed by atoms with Crippen LogP contribution in [0.1, 0.15) is 18.9 Å². The molecule has 0 atom stereocenters. The van der Waals surface area contributed by atoms with Crippen LogP contribution in [0.5, 0.6) is 0 Å². The molecule has 0 spiro atoms. The monoisotopic (exact) mass is 292 g/mol. The molecule has 0 radical (unpaired) electrons. The van der Waals surface area contributed by atoms with Gasteiger partial charge in [0.15, 0.2) is 11.0 Å². The zero-order valence-corrected chi connectivity index (χ0v) is 12.1. The van der Waals surface area contributed by atoms with Crippen LogP contribution in [-0.4, -0.2) is 39.9 Å². The van der Waals surface area contributed by atoms with E-state index in [1.54, 1.807) is 0 Å². The third kappa shape index (κ3) is 2.43. The van der Waals surface area contributed by atoms with Gasteiger partial charge in [-0.1, -0.05) is 11.6 Å². The maximum absolute atomic E-state index is 6.10. The van der Waals surface area contributed by atoms with Crippen molar-refractivity contribution < 1.29 is 0 Å². The van der Waals surface area contributed by atoms with Gasteiger partial charge in [-0.05, 0) is 18.9 Å². The highest BCUT2D eigenvalue weighted by atomic mass is 35.5. The van der Waals surface area contributed by atoms with Crippen LogP contribution in [0.2, 0.25) is 5.15 Å². The van der Waals surface area contributed by atoms with Crippen LogP contribution in [0.15, 0.2) is 24.8 Å². The zero-order chi connectivity index (χ0) is 13.9. The molecule has 1 saturated heterocycles. The fraction of sp³-hybridized carbons (Fsp3) is 0.462. The molecule has 7 heteroatoms. The van der Waals surface area contributed by atoms with E-state index in [1.807, 2.05) is 30.2 Å². The molecule has 1 aliphatic heterocycles. The van der Waals surface area contributed by atoms with Gasteiger partial charge in [0.05, 0.1) is 6.04 Å². The summed E-state index contributed by atoms with van der Waals surface area (Å²) < 4.78 is 2.04. The van der Waals surface area contributed by atoms with E-state index in [9.17, 15) is 0 Å². The lowest BCUT2D eigenvalue weighted by atomic mass is 10.1. The van der Waals surface area contributed by atoms with Crippen LogP contribution in [0.25, 0.3) is 0 Å². The molecule has 0 unspecified atom stereocenters. The van der Waals surface area contributed by atoms with Crippen molar-refractivity contribution in [3.8, 4) is 0 Å². The first-order valence-electron chi connectivity index (χ1n) is 6.72. The number of hydrogen-bond acceptors (Lipinski definition) is 5. The first-order valence-corrected chi connectivity index (χ1v) is 7.09. The van der Waals surface area contributed by atoms with Gasteiger partial charge in [-0.25, -0.2) is 9.97 Å². The highest BCUT2D eigenvalue weighted by Crippen LogP contribution is 2.32. The molecule has 2 aromatic heterocycles. The molecule has 1 N–H and O–H groups in total. The summed E-state index contributed by atoms with van der Waals surface area (Å²) in [5.41, 5.74) is 0.798. The molecule has 0 aliphatic carbocycles. The van der Waals surface area contributed by atoms with E-state index < -0.39 is 0 Å². The number of nitrogens with zero attached hydrogens (tertiary/aromatic N) is 5. The predicted octanol–water partition coefficient (Wildman–Crippen LogP) is 2.21. The molecule has 0 bridgehead atoms. The van der Waals surface area contributed by atoms with Gasteiger partial charge in [0.1, 0.15) is 12.0 Å². The maximum Gasteiger partial charge on any atom is 0.157 e. The Balaban J connectivity index is 1.74. The van der Waals surface area contributed by atoms with Crippen molar-refractivity contribution in [3.05, 3.63) is 29.9 Å². The Bertz CT molecular complexity index is 562. The normalized spacial score (nSPS) is 16.4. The van der Waals surface area contributed by atoms with Crippen LogP contribution in [0.4, 0.5) is 11.5 Å². The lowest BCUT2D eigenvalue weighted by Gasteiger charge is -2.33. The summed E-state index contributed by atoms with van der Waals surface area (Å²) in [7, 11) is 1.84. The van der Waals surface area contributed by atoms with Gasteiger partial charge in [-0.2, -0.15) is 5.10 Å². The summed E-state index contributed by atoms with van der Waals surface area (Å²) in [6.45, 7) is 1.87. The van der Waals surface area contributed by atoms with Gasteiger partial charge >= 0.3 is 0 Å². The second-order valence-electron chi connectivity index (χ2n) is 4.82. The van der Waals surface area contributed by atoms with Crippen molar-refractivity contribution in [1.82, 2.24) is 19.7 Å². The first kappa shape index (κ1) is 13.2. The van der Waals surface area contributed by atoms with Gasteiger partial charge in [0.25, 0.3) is 0 Å². The van der Waals surface area contributed by atoms with E-state index in [0.29, 0.717) is 11.2 Å². The molecule has 20 heavy (non-hydrogen) atoms. The average molecular weight is 293 g/mol. The van der Waals surface area contributed by atoms with E-state index in [-0.39, 0.29) is 0 Å². The summed E-state index contributed by atoms with van der Waals surface area (Å²) in [6, 6.07) is 2.44. The molecular weight excluding hydrogens is 276 g/mol. The SMILES string of the molecule is CNc1c(Cl)ncnc1N1CCC(n2cccn2)CC1. The molecule has 3 rings (SSSR count). The van der Waals surface area contributed by atoms with Gasteiger partial charge < -0.3 is 10.2 Å². The number of anilines is 2. The van der Waals surface area contributed by atoms with Crippen molar-refractivity contribution in [2.45, 2.75) is 18.9 Å². The van der Waals surface area contributed by atoms with Crippen molar-refractivity contribution in [3.63, 3.8) is 0 Å². The zero-order valence-electron chi connectivity index (χ0n) is 11.3. The predicted molar refractivity (Wildman–Crippen MR) is 79.3 cm³/mol. The Morgan fingerprint density at radius 1 is 1.30 bits per heavy atom. The molecule has 1 aliphatic rings. The second-order valence-corrected chi connectivity index (χ2v) is 5.18. The number of aromatic nitrogens is 4. The minimum Gasteiger partial charge on any atom is -0.383 e. The lowest BCUT2D eigenvalue weighted by Crippen LogP contribution is -2.35. The van der Waals surface area contributed by atoms with Crippen molar-refractivity contribution in [2.24, 2.45) is 0 Å². The lowest BCUT2D eigenvalue weighted by molar-refractivity contribution is 0.366. The largest absolute Gasteiger partial charge is 0.383 e. The first-order chi connectivity index (χ1) is 9.79. The van der Waals surface area contributed by atoms with Crippen molar-refractivity contribution in [2.75, 3.05) is 30.4 Å². The fourth-order valence-electron chi connectivity index (χ4n) is 2.65. The van der Waals surface area contributed by atoms with Crippen LogP contribution >= 0.6 is 11.6 Å². The molecule has 6 nitrogen and oxygen atoms in total. The minimum absolute atomic E-state index is 0.465. The van der Waals surface area contributed by atoms with E-state index in [2.05, 4.69) is 25.3 Å². The van der Waals surface area contributed by atoms with Crippen LogP contribution in [0.3, 0.4) is 0 Å². The Labute approximate surface area is 122 Å². The summed E-state index contributed by atoms with van der Waals surface area (Å²) in [6.07, 6.45) is 7.47. The third-order valence-electron chi connectivity index (χ3n) is 3.69. The van der Waals surface area contributed by atoms with Crippen molar-refractivity contribution >= 4 is 23.1 Å². The minimum atomic E-state index is 0.465. The summed E-state index contributed by atoms with van der Waals surface area (Å²) in [5, 5.41) is 7.87. The Hall–Kier alpha value is -1.82. The Kier molecular flexibility index (Phi) is 3.73. The van der Waals surface area contributed by atoms with Crippen molar-refractivity contribution in [1.29, 1.82) is 0 Å². The van der Waals surface area contributed by atoms with Crippen LogP contribution in [-0.2, 0) is 0 Å². The fourth-order valence-corrected chi connectivity index (χ4v) is 2.87. The summed E-state index contributed by atoms with van der Waals surface area (Å²) >= 11 is 6.10. The molecule has 0 aromatic carbocycles. The second kappa shape index (κ2) is 5.66. The van der Waals surface area contributed by atoms with Crippen LogP contribution < -0.4 is 10.2 Å². The van der Waals surface area contributed by atoms with E-state index in [0.717, 1.165) is 37.4 Å². The highest BCUT2D eigenvalue weighted by molar-refractivity contribution is 6.32. The number of rotatable bonds is 3. The number of hydrogen-bond donors (Lipinski definition) is 1. The molecule has 106 valence electrons. The molecule has 1 fully saturated rings. The smallest absolute Gasteiger partial charge is 0.157 e. The topological polar surface area (TPSA) is 58.9 Å². The van der Waals surface area contributed by atoms with Gasteiger partial charge in [0, 0.05) is 32.5 Å². The molecule has 3 heterocycles. The van der Waals surface area contributed by atoms with Crippen LogP contribution in [0, 0.1) is 0 Å². The molecular formula is C13H17ClN6. The van der Waals surface area contributed by atoms with E-state index in [4.69, 9.17) is 11.6 Å². The van der Waals surface area contributed by atoms with Gasteiger partial charge in [-0.15, -0.1) is 0 Å². The third-order valence-corrected chi connectivity index (χ3v) is 3.98. The number of piperidine rings is 1. The Morgan fingerprint density at radius 2 is 2.10 bits per heavy atom. The molecule has 0 amide bonds. The summed E-state index contributed by atoms with van der Waals surface area (Å²) in [4.78, 5) is 10.6. The quantitative estimate of drug-likeness (QED) is 0.879. The maximum atomic E-state index is 6.10. The number of halogens is 1. The van der Waals surface area contributed by atoms with Gasteiger partial charge in [-0.3, -0.25) is 4.68 Å².